The number of halogens is 2. The molecular weight excluding hydrogens is 415 g/mol. The van der Waals surface area contributed by atoms with Gasteiger partial charge in [0.15, 0.2) is 11.6 Å². The quantitative estimate of drug-likeness (QED) is 0.515. The summed E-state index contributed by atoms with van der Waals surface area (Å²) in [7, 11) is 0. The molecule has 2 N–H and O–H groups in total. The van der Waals surface area contributed by atoms with Gasteiger partial charge in [-0.2, -0.15) is 0 Å². The third kappa shape index (κ3) is 5.62. The van der Waals surface area contributed by atoms with Gasteiger partial charge in [-0.15, -0.1) is 10.2 Å². The average Bonchev–Trinajstić information content (AvgIpc) is 3.14. The Hall–Kier alpha value is -2.29. The SMILES string of the molecule is CC(O)CCOc1cc(Cl)c(-c2nnc(-c3ccc(NC(C)C)nc3)s2)cc1F. The van der Waals surface area contributed by atoms with E-state index in [0.717, 1.165) is 11.4 Å². The Morgan fingerprint density at radius 3 is 2.62 bits per heavy atom. The second kappa shape index (κ2) is 9.47. The minimum atomic E-state index is -0.544. The molecule has 29 heavy (non-hydrogen) atoms. The third-order valence-electron chi connectivity index (χ3n) is 3.92. The summed E-state index contributed by atoms with van der Waals surface area (Å²) in [6.45, 7) is 5.92. The number of rotatable bonds is 8. The molecule has 154 valence electrons. The number of nitrogens with one attached hydrogen (secondary N) is 1. The smallest absolute Gasteiger partial charge is 0.165 e. The molecule has 0 spiro atoms. The van der Waals surface area contributed by atoms with E-state index in [1.165, 1.54) is 23.5 Å². The molecule has 1 atom stereocenters. The molecule has 0 bridgehead atoms. The van der Waals surface area contributed by atoms with E-state index in [-0.39, 0.29) is 18.4 Å². The molecule has 0 fully saturated rings. The van der Waals surface area contributed by atoms with E-state index < -0.39 is 11.9 Å². The minimum absolute atomic E-state index is 0.0431. The van der Waals surface area contributed by atoms with Gasteiger partial charge in [0, 0.05) is 35.9 Å². The fraction of sp³-hybridized carbons (Fsp3) is 0.350. The maximum absolute atomic E-state index is 14.4. The van der Waals surface area contributed by atoms with E-state index in [1.807, 2.05) is 26.0 Å². The molecule has 9 heteroatoms. The van der Waals surface area contributed by atoms with Gasteiger partial charge in [-0.3, -0.25) is 0 Å². The van der Waals surface area contributed by atoms with Crippen molar-refractivity contribution in [2.24, 2.45) is 0 Å². The van der Waals surface area contributed by atoms with E-state index in [9.17, 15) is 9.50 Å². The Balaban J connectivity index is 1.78. The summed E-state index contributed by atoms with van der Waals surface area (Å²) in [6.07, 6.45) is 1.60. The summed E-state index contributed by atoms with van der Waals surface area (Å²) < 4.78 is 19.8. The Bertz CT molecular complexity index is 964. The molecule has 3 aromatic rings. The second-order valence-corrected chi connectivity index (χ2v) is 8.28. The summed E-state index contributed by atoms with van der Waals surface area (Å²) >= 11 is 7.63. The lowest BCUT2D eigenvalue weighted by Crippen LogP contribution is -2.10. The van der Waals surface area contributed by atoms with Crippen LogP contribution in [-0.4, -0.2) is 39.0 Å². The van der Waals surface area contributed by atoms with Crippen molar-refractivity contribution in [3.8, 4) is 26.9 Å². The number of pyridine rings is 1. The predicted octanol–water partition coefficient (Wildman–Crippen LogP) is 5.03. The van der Waals surface area contributed by atoms with Gasteiger partial charge < -0.3 is 15.2 Å². The van der Waals surface area contributed by atoms with Crippen LogP contribution in [0.3, 0.4) is 0 Å². The summed E-state index contributed by atoms with van der Waals surface area (Å²) in [5.74, 6) is 0.281. The molecule has 2 aromatic heterocycles. The summed E-state index contributed by atoms with van der Waals surface area (Å²) in [5.41, 5.74) is 1.26. The number of hydrogen-bond acceptors (Lipinski definition) is 7. The molecule has 0 saturated heterocycles. The maximum Gasteiger partial charge on any atom is 0.165 e. The molecule has 3 rings (SSSR count). The highest BCUT2D eigenvalue weighted by atomic mass is 35.5. The van der Waals surface area contributed by atoms with Gasteiger partial charge in [-0.25, -0.2) is 9.37 Å². The largest absolute Gasteiger partial charge is 0.490 e. The van der Waals surface area contributed by atoms with Gasteiger partial charge in [-0.05, 0) is 39.0 Å². The van der Waals surface area contributed by atoms with E-state index in [2.05, 4.69) is 20.5 Å². The van der Waals surface area contributed by atoms with Crippen molar-refractivity contribution in [2.75, 3.05) is 11.9 Å². The highest BCUT2D eigenvalue weighted by Crippen LogP contribution is 2.37. The summed E-state index contributed by atoms with van der Waals surface area (Å²) in [4.78, 5) is 4.37. The van der Waals surface area contributed by atoms with Crippen LogP contribution in [0.15, 0.2) is 30.5 Å². The maximum atomic E-state index is 14.4. The first kappa shape index (κ1) is 21.4. The van der Waals surface area contributed by atoms with Gasteiger partial charge in [0.2, 0.25) is 0 Å². The van der Waals surface area contributed by atoms with E-state index in [4.69, 9.17) is 16.3 Å². The standard InChI is InChI=1S/C20H22ClFN4O2S/c1-11(2)24-18-5-4-13(10-23-18)19-25-26-20(29-19)14-8-16(22)17(9-15(14)21)28-7-6-12(3)27/h4-5,8-12,27H,6-7H2,1-3H3,(H,23,24). The number of nitrogens with zero attached hydrogens (tertiary/aromatic N) is 3. The van der Waals surface area contributed by atoms with Crippen LogP contribution in [0.25, 0.3) is 21.1 Å². The molecular formula is C20H22ClFN4O2S. The highest BCUT2D eigenvalue weighted by molar-refractivity contribution is 7.18. The highest BCUT2D eigenvalue weighted by Gasteiger charge is 2.16. The van der Waals surface area contributed by atoms with Crippen LogP contribution in [0.5, 0.6) is 5.75 Å². The number of aliphatic hydroxyl groups is 1. The Labute approximate surface area is 177 Å². The number of aromatic nitrogens is 3. The van der Waals surface area contributed by atoms with Crippen LogP contribution in [0, 0.1) is 5.82 Å². The van der Waals surface area contributed by atoms with Crippen molar-refractivity contribution >= 4 is 28.8 Å². The van der Waals surface area contributed by atoms with Crippen molar-refractivity contribution in [2.45, 2.75) is 39.3 Å². The van der Waals surface area contributed by atoms with Crippen molar-refractivity contribution in [3.05, 3.63) is 41.3 Å². The fourth-order valence-electron chi connectivity index (χ4n) is 2.49. The van der Waals surface area contributed by atoms with Crippen LogP contribution in [-0.2, 0) is 0 Å². The molecule has 0 saturated carbocycles. The van der Waals surface area contributed by atoms with Gasteiger partial charge in [0.25, 0.3) is 0 Å². The summed E-state index contributed by atoms with van der Waals surface area (Å²) in [6, 6.07) is 6.78. The second-order valence-electron chi connectivity index (χ2n) is 6.89. The van der Waals surface area contributed by atoms with Crippen molar-refractivity contribution in [1.82, 2.24) is 15.2 Å². The van der Waals surface area contributed by atoms with E-state index in [0.29, 0.717) is 27.0 Å². The van der Waals surface area contributed by atoms with Crippen molar-refractivity contribution in [1.29, 1.82) is 0 Å². The first-order valence-corrected chi connectivity index (χ1v) is 10.4. The Morgan fingerprint density at radius 2 is 1.97 bits per heavy atom. The van der Waals surface area contributed by atoms with Crippen molar-refractivity contribution < 1.29 is 14.2 Å². The van der Waals surface area contributed by atoms with Gasteiger partial charge in [0.05, 0.1) is 17.7 Å². The number of anilines is 1. The van der Waals surface area contributed by atoms with E-state index >= 15 is 0 Å². The fourth-order valence-corrected chi connectivity index (χ4v) is 3.66. The topological polar surface area (TPSA) is 80.2 Å². The molecule has 0 aliphatic rings. The van der Waals surface area contributed by atoms with Crippen LogP contribution in [0.1, 0.15) is 27.2 Å². The summed E-state index contributed by atoms with van der Waals surface area (Å²) in [5, 5.41) is 22.3. The number of benzene rings is 1. The molecule has 0 amide bonds. The van der Waals surface area contributed by atoms with Gasteiger partial charge in [0.1, 0.15) is 15.8 Å². The zero-order valence-electron chi connectivity index (χ0n) is 16.3. The normalized spacial score (nSPS) is 12.2. The molecule has 0 aliphatic carbocycles. The number of hydrogen-bond donors (Lipinski definition) is 2. The lowest BCUT2D eigenvalue weighted by molar-refractivity contribution is 0.154. The zero-order chi connectivity index (χ0) is 21.0. The molecule has 2 heterocycles. The lowest BCUT2D eigenvalue weighted by Gasteiger charge is -2.10. The van der Waals surface area contributed by atoms with Gasteiger partial charge >= 0.3 is 0 Å². The first-order chi connectivity index (χ1) is 13.8. The number of ether oxygens (including phenoxy) is 1. The average molecular weight is 437 g/mol. The van der Waals surface area contributed by atoms with Crippen LogP contribution >= 0.6 is 22.9 Å². The lowest BCUT2D eigenvalue weighted by atomic mass is 10.2. The van der Waals surface area contributed by atoms with Crippen LogP contribution < -0.4 is 10.1 Å². The van der Waals surface area contributed by atoms with Crippen LogP contribution in [0.4, 0.5) is 10.2 Å². The molecule has 6 nitrogen and oxygen atoms in total. The predicted molar refractivity (Wildman–Crippen MR) is 114 cm³/mol. The monoisotopic (exact) mass is 436 g/mol. The number of aliphatic hydroxyl groups excluding tert-OH is 1. The first-order valence-electron chi connectivity index (χ1n) is 9.20. The molecule has 1 unspecified atom stereocenters. The Morgan fingerprint density at radius 1 is 1.21 bits per heavy atom. The molecule has 0 radical (unpaired) electrons. The molecule has 1 aromatic carbocycles. The molecule has 0 aliphatic heterocycles. The van der Waals surface area contributed by atoms with Crippen LogP contribution in [0.2, 0.25) is 5.02 Å². The van der Waals surface area contributed by atoms with E-state index in [1.54, 1.807) is 13.1 Å². The van der Waals surface area contributed by atoms with Gasteiger partial charge in [-0.1, -0.05) is 22.9 Å². The zero-order valence-corrected chi connectivity index (χ0v) is 17.9. The minimum Gasteiger partial charge on any atom is -0.490 e. The van der Waals surface area contributed by atoms with Crippen molar-refractivity contribution in [3.63, 3.8) is 0 Å². The third-order valence-corrected chi connectivity index (χ3v) is 5.24. The Kier molecular flexibility index (Phi) is 7.00.